The van der Waals surface area contributed by atoms with Crippen LogP contribution in [0.5, 0.6) is 5.75 Å². The number of benzene rings is 3. The molecule has 1 aromatic heterocycles. The fraction of sp³-hybridized carbons (Fsp3) is 0.323. The first-order valence-corrected chi connectivity index (χ1v) is 13.2. The summed E-state index contributed by atoms with van der Waals surface area (Å²) in [4.78, 5) is 30.8. The molecule has 0 saturated carbocycles. The number of ether oxygens (including phenoxy) is 1. The SMILES string of the molecule is COc1ccc(C)cc1N(C(=O)Cn1nnc(-c2ccc(C)cc2)n1)C(C(=O)NC(C)(C)C)c1ccc(C)cc1. The molecule has 3 aromatic carbocycles. The van der Waals surface area contributed by atoms with Crippen molar-refractivity contribution in [3.63, 3.8) is 0 Å². The molecule has 208 valence electrons. The van der Waals surface area contributed by atoms with Crippen LogP contribution in [0.25, 0.3) is 11.4 Å². The molecule has 2 amide bonds. The molecule has 0 radical (unpaired) electrons. The second-order valence-corrected chi connectivity index (χ2v) is 11.0. The molecule has 0 saturated heterocycles. The van der Waals surface area contributed by atoms with Crippen LogP contribution in [0.15, 0.2) is 66.7 Å². The summed E-state index contributed by atoms with van der Waals surface area (Å²) in [6.07, 6.45) is 0. The molecule has 0 aliphatic carbocycles. The van der Waals surface area contributed by atoms with Crippen molar-refractivity contribution in [3.05, 3.63) is 89.0 Å². The standard InChI is InChI=1S/C31H36N6O3/c1-20-8-13-23(14-9-20)28(30(39)32-31(4,5)6)37(25-18-22(3)12-17-26(25)40-7)27(38)19-36-34-29(33-35-36)24-15-10-21(2)11-16-24/h8-18,28H,19H2,1-7H3,(H,32,39). The molecule has 1 unspecified atom stereocenters. The first-order valence-electron chi connectivity index (χ1n) is 13.2. The van der Waals surface area contributed by atoms with Gasteiger partial charge in [0.15, 0.2) is 0 Å². The van der Waals surface area contributed by atoms with Crippen LogP contribution in [0.3, 0.4) is 0 Å². The molecular formula is C31H36N6O3. The third-order valence-electron chi connectivity index (χ3n) is 6.30. The summed E-state index contributed by atoms with van der Waals surface area (Å²) in [7, 11) is 1.54. The lowest BCUT2D eigenvalue weighted by atomic mass is 9.99. The van der Waals surface area contributed by atoms with Gasteiger partial charge in [-0.2, -0.15) is 4.80 Å². The number of nitrogens with one attached hydrogen (secondary N) is 1. The van der Waals surface area contributed by atoms with Crippen molar-refractivity contribution in [1.29, 1.82) is 0 Å². The highest BCUT2D eigenvalue weighted by atomic mass is 16.5. The van der Waals surface area contributed by atoms with Gasteiger partial charge < -0.3 is 10.1 Å². The molecule has 4 aromatic rings. The molecule has 40 heavy (non-hydrogen) atoms. The monoisotopic (exact) mass is 540 g/mol. The second-order valence-electron chi connectivity index (χ2n) is 11.0. The van der Waals surface area contributed by atoms with Crippen LogP contribution in [0.4, 0.5) is 5.69 Å². The van der Waals surface area contributed by atoms with Gasteiger partial charge >= 0.3 is 0 Å². The molecular weight excluding hydrogens is 504 g/mol. The van der Waals surface area contributed by atoms with Crippen LogP contribution in [0.2, 0.25) is 0 Å². The minimum atomic E-state index is -0.983. The van der Waals surface area contributed by atoms with E-state index in [1.807, 2.05) is 102 Å². The summed E-state index contributed by atoms with van der Waals surface area (Å²) in [5.74, 6) is 0.158. The van der Waals surface area contributed by atoms with E-state index in [2.05, 4.69) is 20.7 Å². The number of amides is 2. The van der Waals surface area contributed by atoms with Crippen molar-refractivity contribution >= 4 is 17.5 Å². The van der Waals surface area contributed by atoms with Crippen LogP contribution < -0.4 is 15.0 Å². The van der Waals surface area contributed by atoms with Crippen LogP contribution in [-0.4, -0.2) is 44.7 Å². The van der Waals surface area contributed by atoms with Gasteiger partial charge in [0, 0.05) is 11.1 Å². The molecule has 4 rings (SSSR count). The number of methoxy groups -OCH3 is 1. The molecule has 1 heterocycles. The zero-order valence-corrected chi connectivity index (χ0v) is 24.1. The fourth-order valence-corrected chi connectivity index (χ4v) is 4.34. The molecule has 1 N–H and O–H groups in total. The van der Waals surface area contributed by atoms with E-state index in [0.717, 1.165) is 22.3 Å². The predicted molar refractivity (Wildman–Crippen MR) is 155 cm³/mol. The van der Waals surface area contributed by atoms with E-state index in [-0.39, 0.29) is 12.5 Å². The summed E-state index contributed by atoms with van der Waals surface area (Å²) in [5, 5.41) is 15.8. The van der Waals surface area contributed by atoms with Gasteiger partial charge in [-0.15, -0.1) is 10.2 Å². The molecule has 0 aliphatic rings. The zero-order chi connectivity index (χ0) is 29.0. The minimum Gasteiger partial charge on any atom is -0.495 e. The number of carbonyl (C=O) groups excluding carboxylic acids is 2. The average molecular weight is 541 g/mol. The lowest BCUT2D eigenvalue weighted by Gasteiger charge is -2.34. The largest absolute Gasteiger partial charge is 0.495 e. The summed E-state index contributed by atoms with van der Waals surface area (Å²) >= 11 is 0. The van der Waals surface area contributed by atoms with Crippen molar-refractivity contribution < 1.29 is 14.3 Å². The number of hydrogen-bond donors (Lipinski definition) is 1. The van der Waals surface area contributed by atoms with Crippen molar-refractivity contribution in [2.75, 3.05) is 12.0 Å². The third-order valence-corrected chi connectivity index (χ3v) is 6.30. The highest BCUT2D eigenvalue weighted by molar-refractivity contribution is 6.02. The predicted octanol–water partition coefficient (Wildman–Crippen LogP) is 4.96. The maximum absolute atomic E-state index is 14.2. The summed E-state index contributed by atoms with van der Waals surface area (Å²) in [6.45, 7) is 11.4. The number of aryl methyl sites for hydroxylation is 3. The van der Waals surface area contributed by atoms with Gasteiger partial charge in [0.2, 0.25) is 11.7 Å². The summed E-state index contributed by atoms with van der Waals surface area (Å²) in [6, 6.07) is 19.9. The molecule has 9 heteroatoms. The Bertz CT molecular complexity index is 1490. The van der Waals surface area contributed by atoms with Gasteiger partial charge in [-0.05, 0) is 70.0 Å². The van der Waals surface area contributed by atoms with Gasteiger partial charge in [-0.25, -0.2) is 0 Å². The van der Waals surface area contributed by atoms with Gasteiger partial charge in [-0.1, -0.05) is 65.7 Å². The van der Waals surface area contributed by atoms with Crippen molar-refractivity contribution in [3.8, 4) is 17.1 Å². The lowest BCUT2D eigenvalue weighted by molar-refractivity contribution is -0.128. The van der Waals surface area contributed by atoms with Gasteiger partial charge in [0.1, 0.15) is 18.3 Å². The molecule has 1 atom stereocenters. The number of nitrogens with zero attached hydrogens (tertiary/aromatic N) is 5. The van der Waals surface area contributed by atoms with E-state index < -0.39 is 17.5 Å². The lowest BCUT2D eigenvalue weighted by Crippen LogP contribution is -2.50. The smallest absolute Gasteiger partial charge is 0.251 e. The normalized spacial score (nSPS) is 12.1. The molecule has 0 fully saturated rings. The Morgan fingerprint density at radius 3 is 2.12 bits per heavy atom. The van der Waals surface area contributed by atoms with Crippen LogP contribution >= 0.6 is 0 Å². The van der Waals surface area contributed by atoms with Crippen LogP contribution in [0, 0.1) is 20.8 Å². The fourth-order valence-electron chi connectivity index (χ4n) is 4.34. The number of tetrazole rings is 1. The van der Waals surface area contributed by atoms with E-state index in [0.29, 0.717) is 22.8 Å². The number of carbonyl (C=O) groups is 2. The highest BCUT2D eigenvalue weighted by Crippen LogP contribution is 2.36. The van der Waals surface area contributed by atoms with Gasteiger partial charge in [0.25, 0.3) is 5.91 Å². The average Bonchev–Trinajstić information content (AvgIpc) is 3.35. The highest BCUT2D eigenvalue weighted by Gasteiger charge is 2.36. The Labute approximate surface area is 235 Å². The van der Waals surface area contributed by atoms with E-state index in [1.165, 1.54) is 9.70 Å². The molecule has 9 nitrogen and oxygen atoms in total. The maximum atomic E-state index is 14.2. The Balaban J connectivity index is 1.80. The van der Waals surface area contributed by atoms with Gasteiger partial charge in [-0.3, -0.25) is 14.5 Å². The van der Waals surface area contributed by atoms with Crippen LogP contribution in [0.1, 0.15) is 49.1 Å². The third kappa shape index (κ3) is 6.72. The van der Waals surface area contributed by atoms with E-state index in [1.54, 1.807) is 13.2 Å². The molecule has 0 aliphatic heterocycles. The Morgan fingerprint density at radius 2 is 1.52 bits per heavy atom. The number of rotatable bonds is 8. The summed E-state index contributed by atoms with van der Waals surface area (Å²) < 4.78 is 5.66. The van der Waals surface area contributed by atoms with Crippen LogP contribution in [-0.2, 0) is 16.1 Å². The Hall–Kier alpha value is -4.53. The quantitative estimate of drug-likeness (QED) is 0.339. The number of aromatic nitrogens is 4. The minimum absolute atomic E-state index is 0.235. The van der Waals surface area contributed by atoms with E-state index in [9.17, 15) is 9.59 Å². The number of hydrogen-bond acceptors (Lipinski definition) is 6. The Kier molecular flexibility index (Phi) is 8.32. The van der Waals surface area contributed by atoms with E-state index in [4.69, 9.17) is 4.74 Å². The topological polar surface area (TPSA) is 102 Å². The zero-order valence-electron chi connectivity index (χ0n) is 24.1. The second kappa shape index (κ2) is 11.7. The number of anilines is 1. The maximum Gasteiger partial charge on any atom is 0.251 e. The first kappa shape index (κ1) is 28.5. The van der Waals surface area contributed by atoms with Gasteiger partial charge in [0.05, 0.1) is 12.8 Å². The van der Waals surface area contributed by atoms with Crippen molar-refractivity contribution in [2.24, 2.45) is 0 Å². The van der Waals surface area contributed by atoms with Crippen molar-refractivity contribution in [1.82, 2.24) is 25.5 Å². The van der Waals surface area contributed by atoms with E-state index >= 15 is 0 Å². The summed E-state index contributed by atoms with van der Waals surface area (Å²) in [5.41, 5.74) is 4.47. The molecule has 0 spiro atoms. The molecule has 0 bridgehead atoms. The first-order chi connectivity index (χ1) is 18.9. The van der Waals surface area contributed by atoms with Crippen molar-refractivity contribution in [2.45, 2.75) is 59.7 Å². The Morgan fingerprint density at radius 1 is 0.925 bits per heavy atom.